The molecule has 0 bridgehead atoms. The Labute approximate surface area is 95.6 Å². The third-order valence-corrected chi connectivity index (χ3v) is 3.27. The summed E-state index contributed by atoms with van der Waals surface area (Å²) in [7, 11) is 0. The summed E-state index contributed by atoms with van der Waals surface area (Å²) in [6, 6.07) is 5.21. The van der Waals surface area contributed by atoms with Gasteiger partial charge in [-0.25, -0.2) is 4.39 Å². The summed E-state index contributed by atoms with van der Waals surface area (Å²) in [4.78, 5) is 0. The van der Waals surface area contributed by atoms with E-state index >= 15 is 0 Å². The quantitative estimate of drug-likeness (QED) is 0.832. The molecule has 0 spiro atoms. The first kappa shape index (κ1) is 11.4. The molecule has 2 rings (SSSR count). The van der Waals surface area contributed by atoms with Crippen LogP contribution in [0.15, 0.2) is 18.2 Å². The Kier molecular flexibility index (Phi) is 3.15. The Balaban J connectivity index is 2.09. The largest absolute Gasteiger partial charge is 0.491 e. The minimum Gasteiger partial charge on any atom is -0.491 e. The summed E-state index contributed by atoms with van der Waals surface area (Å²) in [6.45, 7) is 3.03. The molecule has 1 aromatic rings. The molecule has 2 nitrogen and oxygen atoms in total. The highest BCUT2D eigenvalue weighted by atomic mass is 19.1. The Morgan fingerprint density at radius 3 is 2.69 bits per heavy atom. The Morgan fingerprint density at radius 2 is 2.19 bits per heavy atom. The van der Waals surface area contributed by atoms with Crippen molar-refractivity contribution in [3.05, 3.63) is 29.6 Å². The standard InChI is InChI=1S/C13H18FNO/c1-2-16-12-4-3-10(7-11(12)14)8-13(9-15)5-6-13/h3-4,7H,2,5-6,8-9,15H2,1H3. The van der Waals surface area contributed by atoms with Gasteiger partial charge in [0.1, 0.15) is 0 Å². The van der Waals surface area contributed by atoms with Gasteiger partial charge in [0.2, 0.25) is 0 Å². The van der Waals surface area contributed by atoms with E-state index in [9.17, 15) is 4.39 Å². The van der Waals surface area contributed by atoms with Gasteiger partial charge in [-0.3, -0.25) is 0 Å². The second-order valence-electron chi connectivity index (χ2n) is 4.58. The molecule has 0 unspecified atom stereocenters. The lowest BCUT2D eigenvalue weighted by Gasteiger charge is -2.13. The first-order valence-electron chi connectivity index (χ1n) is 5.80. The first-order chi connectivity index (χ1) is 7.69. The van der Waals surface area contributed by atoms with Crippen LogP contribution in [0.2, 0.25) is 0 Å². The molecule has 0 aliphatic heterocycles. The van der Waals surface area contributed by atoms with Crippen molar-refractivity contribution in [1.29, 1.82) is 0 Å². The van der Waals surface area contributed by atoms with Gasteiger partial charge < -0.3 is 10.5 Å². The molecule has 0 aromatic heterocycles. The van der Waals surface area contributed by atoms with Crippen LogP contribution in [-0.2, 0) is 6.42 Å². The van der Waals surface area contributed by atoms with Crippen LogP contribution in [0.1, 0.15) is 25.3 Å². The summed E-state index contributed by atoms with van der Waals surface area (Å²) in [5.41, 5.74) is 6.98. The van der Waals surface area contributed by atoms with E-state index in [0.717, 1.165) is 12.0 Å². The van der Waals surface area contributed by atoms with Crippen LogP contribution in [0.4, 0.5) is 4.39 Å². The van der Waals surface area contributed by atoms with Gasteiger partial charge in [-0.2, -0.15) is 0 Å². The van der Waals surface area contributed by atoms with Gasteiger partial charge in [-0.05, 0) is 55.8 Å². The number of halogens is 1. The third kappa shape index (κ3) is 2.35. The van der Waals surface area contributed by atoms with Crippen LogP contribution in [0, 0.1) is 11.2 Å². The summed E-state index contributed by atoms with van der Waals surface area (Å²) in [5, 5.41) is 0. The van der Waals surface area contributed by atoms with Gasteiger partial charge in [-0.1, -0.05) is 6.07 Å². The Bertz CT molecular complexity index is 374. The van der Waals surface area contributed by atoms with Crippen LogP contribution in [0.25, 0.3) is 0 Å². The molecule has 0 amide bonds. The van der Waals surface area contributed by atoms with E-state index in [1.54, 1.807) is 12.1 Å². The van der Waals surface area contributed by atoms with Crippen molar-refractivity contribution < 1.29 is 9.13 Å². The minimum absolute atomic E-state index is 0.250. The number of hydrogen-bond donors (Lipinski definition) is 1. The van der Waals surface area contributed by atoms with Crippen LogP contribution < -0.4 is 10.5 Å². The van der Waals surface area contributed by atoms with E-state index in [1.165, 1.54) is 12.8 Å². The van der Waals surface area contributed by atoms with Crippen molar-refractivity contribution in [2.45, 2.75) is 26.2 Å². The second-order valence-corrected chi connectivity index (χ2v) is 4.58. The number of rotatable bonds is 5. The maximum Gasteiger partial charge on any atom is 0.165 e. The third-order valence-electron chi connectivity index (χ3n) is 3.27. The molecule has 1 saturated carbocycles. The van der Waals surface area contributed by atoms with Gasteiger partial charge in [0.25, 0.3) is 0 Å². The molecule has 0 atom stereocenters. The maximum absolute atomic E-state index is 13.6. The summed E-state index contributed by atoms with van der Waals surface area (Å²) < 4.78 is 18.7. The van der Waals surface area contributed by atoms with Crippen molar-refractivity contribution in [2.75, 3.05) is 13.2 Å². The fourth-order valence-corrected chi connectivity index (χ4v) is 1.99. The zero-order valence-corrected chi connectivity index (χ0v) is 9.63. The molecule has 0 saturated heterocycles. The number of benzene rings is 1. The topological polar surface area (TPSA) is 35.2 Å². The van der Waals surface area contributed by atoms with Crippen molar-refractivity contribution in [3.63, 3.8) is 0 Å². The highest BCUT2D eigenvalue weighted by molar-refractivity contribution is 5.30. The molecule has 1 aliphatic carbocycles. The number of ether oxygens (including phenoxy) is 1. The maximum atomic E-state index is 13.6. The molecular formula is C13H18FNO. The van der Waals surface area contributed by atoms with E-state index in [1.807, 2.05) is 13.0 Å². The lowest BCUT2D eigenvalue weighted by Crippen LogP contribution is -2.17. The zero-order chi connectivity index (χ0) is 11.6. The van der Waals surface area contributed by atoms with Gasteiger partial charge in [0.15, 0.2) is 11.6 Å². The van der Waals surface area contributed by atoms with Crippen LogP contribution in [0.3, 0.4) is 0 Å². The fraction of sp³-hybridized carbons (Fsp3) is 0.538. The first-order valence-corrected chi connectivity index (χ1v) is 5.80. The van der Waals surface area contributed by atoms with E-state index in [0.29, 0.717) is 18.9 Å². The molecule has 1 aromatic carbocycles. The van der Waals surface area contributed by atoms with Crippen LogP contribution >= 0.6 is 0 Å². The van der Waals surface area contributed by atoms with Crippen molar-refractivity contribution in [1.82, 2.24) is 0 Å². The monoisotopic (exact) mass is 223 g/mol. The van der Waals surface area contributed by atoms with E-state index in [4.69, 9.17) is 10.5 Å². The Morgan fingerprint density at radius 1 is 1.44 bits per heavy atom. The van der Waals surface area contributed by atoms with Gasteiger partial charge in [0.05, 0.1) is 6.61 Å². The van der Waals surface area contributed by atoms with E-state index < -0.39 is 0 Å². The molecule has 0 heterocycles. The molecule has 88 valence electrons. The summed E-state index contributed by atoms with van der Waals surface area (Å²) in [6.07, 6.45) is 3.21. The summed E-state index contributed by atoms with van der Waals surface area (Å²) in [5.74, 6) is 0.0658. The SMILES string of the molecule is CCOc1ccc(CC2(CN)CC2)cc1F. The number of hydrogen-bond acceptors (Lipinski definition) is 2. The van der Waals surface area contributed by atoms with Crippen molar-refractivity contribution >= 4 is 0 Å². The normalized spacial score (nSPS) is 17.2. The lowest BCUT2D eigenvalue weighted by atomic mass is 9.96. The highest BCUT2D eigenvalue weighted by Crippen LogP contribution is 2.47. The molecule has 3 heteroatoms. The molecule has 1 fully saturated rings. The van der Waals surface area contributed by atoms with Crippen molar-refractivity contribution in [3.8, 4) is 5.75 Å². The van der Waals surface area contributed by atoms with Gasteiger partial charge >= 0.3 is 0 Å². The summed E-state index contributed by atoms with van der Waals surface area (Å²) >= 11 is 0. The average Bonchev–Trinajstić information content (AvgIpc) is 3.03. The predicted molar refractivity (Wildman–Crippen MR) is 62.0 cm³/mol. The fourth-order valence-electron chi connectivity index (χ4n) is 1.99. The minimum atomic E-state index is -0.271. The molecule has 16 heavy (non-hydrogen) atoms. The average molecular weight is 223 g/mol. The molecule has 2 N–H and O–H groups in total. The van der Waals surface area contributed by atoms with E-state index in [-0.39, 0.29) is 11.2 Å². The van der Waals surface area contributed by atoms with Crippen molar-refractivity contribution in [2.24, 2.45) is 11.1 Å². The highest BCUT2D eigenvalue weighted by Gasteiger charge is 2.40. The second kappa shape index (κ2) is 4.42. The number of nitrogens with two attached hydrogens (primary N) is 1. The van der Waals surface area contributed by atoms with Crippen LogP contribution in [-0.4, -0.2) is 13.2 Å². The predicted octanol–water partition coefficient (Wildman–Crippen LogP) is 2.51. The molecular weight excluding hydrogens is 205 g/mol. The smallest absolute Gasteiger partial charge is 0.165 e. The Hall–Kier alpha value is -1.09. The van der Waals surface area contributed by atoms with Gasteiger partial charge in [-0.15, -0.1) is 0 Å². The lowest BCUT2D eigenvalue weighted by molar-refractivity contribution is 0.321. The van der Waals surface area contributed by atoms with Gasteiger partial charge in [0, 0.05) is 0 Å². The zero-order valence-electron chi connectivity index (χ0n) is 9.63. The van der Waals surface area contributed by atoms with E-state index in [2.05, 4.69) is 0 Å². The molecule has 1 aliphatic rings. The molecule has 0 radical (unpaired) electrons. The van der Waals surface area contributed by atoms with Crippen LogP contribution in [0.5, 0.6) is 5.75 Å².